The fraction of sp³-hybridized carbons (Fsp3) is 0. The molecule has 0 aliphatic carbocycles. The Hall–Kier alpha value is -6.32. The minimum Gasteiger partial charge on any atom is -0.277 e. The second kappa shape index (κ2) is 10.1. The molecule has 0 aliphatic rings. The number of rotatable bonds is 3. The maximum absolute atomic E-state index is 5.42. The molecule has 0 N–H and O–H groups in total. The van der Waals surface area contributed by atoms with Gasteiger partial charge in [-0.2, -0.15) is 0 Å². The molecule has 0 unspecified atom stereocenters. The highest BCUT2D eigenvalue weighted by molar-refractivity contribution is 6.36. The van der Waals surface area contributed by atoms with Gasteiger partial charge in [0.2, 0.25) is 5.95 Å². The summed E-state index contributed by atoms with van der Waals surface area (Å²) >= 11 is 0. The van der Waals surface area contributed by atoms with E-state index in [9.17, 15) is 0 Å². The van der Waals surface area contributed by atoms with Crippen molar-refractivity contribution in [2.75, 3.05) is 0 Å². The van der Waals surface area contributed by atoms with Gasteiger partial charge in [0.05, 0.1) is 22.4 Å². The maximum atomic E-state index is 5.42. The Morgan fingerprint density at radius 3 is 1.83 bits per heavy atom. The second-order valence-corrected chi connectivity index (χ2v) is 12.2. The van der Waals surface area contributed by atoms with Gasteiger partial charge in [-0.1, -0.05) is 152 Å². The zero-order valence-corrected chi connectivity index (χ0v) is 25.4. The standard InChI is InChI=1S/C44H27N3/c1-2-15-30(16-3-1)38-27-39(34-23-12-17-28-13-4-6-18-31(28)34)46-44(45-38)47-40-24-11-10-22-37(40)42-41-32-19-7-5-14-29(32)25-26-35(41)33-20-8-9-21-36(33)43(42)47/h1-27H. The first-order chi connectivity index (χ1) is 23.3. The third-order valence-corrected chi connectivity index (χ3v) is 9.58. The van der Waals surface area contributed by atoms with Crippen molar-refractivity contribution in [1.82, 2.24) is 14.5 Å². The van der Waals surface area contributed by atoms with Gasteiger partial charge in [-0.3, -0.25) is 4.57 Å². The van der Waals surface area contributed by atoms with E-state index in [0.29, 0.717) is 5.95 Å². The predicted molar refractivity (Wildman–Crippen MR) is 197 cm³/mol. The first kappa shape index (κ1) is 26.0. The van der Waals surface area contributed by atoms with Crippen LogP contribution >= 0.6 is 0 Å². The summed E-state index contributed by atoms with van der Waals surface area (Å²) in [6.45, 7) is 0. The Bertz CT molecular complexity index is 2840. The number of para-hydroxylation sites is 1. The topological polar surface area (TPSA) is 30.7 Å². The molecule has 0 saturated carbocycles. The van der Waals surface area contributed by atoms with Crippen molar-refractivity contribution in [1.29, 1.82) is 0 Å². The molecule has 47 heavy (non-hydrogen) atoms. The van der Waals surface area contributed by atoms with E-state index in [-0.39, 0.29) is 0 Å². The average molecular weight is 598 g/mol. The van der Waals surface area contributed by atoms with Gasteiger partial charge in [-0.05, 0) is 44.5 Å². The van der Waals surface area contributed by atoms with Crippen LogP contribution in [0.4, 0.5) is 0 Å². The quantitative estimate of drug-likeness (QED) is 0.190. The van der Waals surface area contributed by atoms with Gasteiger partial charge >= 0.3 is 0 Å². The van der Waals surface area contributed by atoms with E-state index in [4.69, 9.17) is 9.97 Å². The predicted octanol–water partition coefficient (Wildman–Crippen LogP) is 11.5. The zero-order valence-electron chi connectivity index (χ0n) is 25.4. The summed E-state index contributed by atoms with van der Waals surface area (Å²) in [5.41, 5.74) is 6.14. The van der Waals surface area contributed by atoms with Crippen molar-refractivity contribution in [3.05, 3.63) is 164 Å². The van der Waals surface area contributed by atoms with Crippen molar-refractivity contribution in [3.8, 4) is 28.5 Å². The van der Waals surface area contributed by atoms with E-state index in [0.717, 1.165) is 33.5 Å². The molecular formula is C44H27N3. The summed E-state index contributed by atoms with van der Waals surface area (Å²) in [4.78, 5) is 10.8. The summed E-state index contributed by atoms with van der Waals surface area (Å²) in [7, 11) is 0. The van der Waals surface area contributed by atoms with Crippen LogP contribution in [0.5, 0.6) is 0 Å². The van der Waals surface area contributed by atoms with Gasteiger partial charge in [0.1, 0.15) is 0 Å². The molecule has 10 rings (SSSR count). The summed E-state index contributed by atoms with van der Waals surface area (Å²) in [5, 5.41) is 12.2. The lowest BCUT2D eigenvalue weighted by Crippen LogP contribution is -2.04. The smallest absolute Gasteiger partial charge is 0.235 e. The van der Waals surface area contributed by atoms with Crippen molar-refractivity contribution >= 4 is 64.9 Å². The minimum atomic E-state index is 0.658. The number of aromatic nitrogens is 3. The van der Waals surface area contributed by atoms with E-state index in [1.54, 1.807) is 0 Å². The van der Waals surface area contributed by atoms with Gasteiger partial charge in [0.25, 0.3) is 0 Å². The fourth-order valence-corrected chi connectivity index (χ4v) is 7.52. The Kier molecular flexibility index (Phi) is 5.57. The summed E-state index contributed by atoms with van der Waals surface area (Å²) in [5.74, 6) is 0.658. The molecular weight excluding hydrogens is 571 g/mol. The van der Waals surface area contributed by atoms with Crippen molar-refractivity contribution in [2.45, 2.75) is 0 Å². The number of hydrogen-bond donors (Lipinski definition) is 0. The van der Waals surface area contributed by atoms with Crippen LogP contribution in [0, 0.1) is 0 Å². The van der Waals surface area contributed by atoms with E-state index in [1.807, 2.05) is 6.07 Å². The third-order valence-electron chi connectivity index (χ3n) is 9.58. The Morgan fingerprint density at radius 2 is 1.00 bits per heavy atom. The molecule has 0 atom stereocenters. The van der Waals surface area contributed by atoms with Crippen LogP contribution in [-0.2, 0) is 0 Å². The van der Waals surface area contributed by atoms with Gasteiger partial charge in [-0.15, -0.1) is 0 Å². The van der Waals surface area contributed by atoms with Gasteiger partial charge in [-0.25, -0.2) is 9.97 Å². The highest BCUT2D eigenvalue weighted by atomic mass is 15.2. The van der Waals surface area contributed by atoms with Gasteiger partial charge in [0, 0.05) is 32.7 Å². The lowest BCUT2D eigenvalue weighted by Gasteiger charge is -2.15. The molecule has 0 saturated heterocycles. The largest absolute Gasteiger partial charge is 0.277 e. The van der Waals surface area contributed by atoms with Crippen LogP contribution in [0.3, 0.4) is 0 Å². The molecule has 3 heteroatoms. The van der Waals surface area contributed by atoms with E-state index in [2.05, 4.69) is 162 Å². The molecule has 0 aliphatic heterocycles. The number of hydrogen-bond acceptors (Lipinski definition) is 2. The third kappa shape index (κ3) is 3.87. The normalized spacial score (nSPS) is 11.8. The van der Waals surface area contributed by atoms with E-state index < -0.39 is 0 Å². The highest BCUT2D eigenvalue weighted by Gasteiger charge is 2.22. The minimum absolute atomic E-state index is 0.658. The Labute approximate surface area is 271 Å². The summed E-state index contributed by atoms with van der Waals surface area (Å²) < 4.78 is 2.30. The first-order valence-electron chi connectivity index (χ1n) is 16.0. The summed E-state index contributed by atoms with van der Waals surface area (Å²) in [6, 6.07) is 58.3. The van der Waals surface area contributed by atoms with E-state index in [1.165, 1.54) is 53.9 Å². The van der Waals surface area contributed by atoms with Gasteiger partial charge < -0.3 is 0 Å². The molecule has 3 nitrogen and oxygen atoms in total. The van der Waals surface area contributed by atoms with Crippen LogP contribution in [0.2, 0.25) is 0 Å². The SMILES string of the molecule is c1ccc(-c2cc(-c3cccc4ccccc34)nc(-n3c4ccccc4c4c5c6ccccc6ccc5c5ccccc5c43)n2)cc1. The van der Waals surface area contributed by atoms with Crippen LogP contribution < -0.4 is 0 Å². The molecule has 0 radical (unpaired) electrons. The molecule has 0 bridgehead atoms. The molecule has 0 fully saturated rings. The molecule has 8 aromatic carbocycles. The summed E-state index contributed by atoms with van der Waals surface area (Å²) in [6.07, 6.45) is 0. The van der Waals surface area contributed by atoms with Crippen LogP contribution in [0.15, 0.2) is 164 Å². The second-order valence-electron chi connectivity index (χ2n) is 12.2. The molecule has 218 valence electrons. The maximum Gasteiger partial charge on any atom is 0.235 e. The fourth-order valence-electron chi connectivity index (χ4n) is 7.52. The number of fused-ring (bicyclic) bond motifs is 11. The Balaban J connectivity index is 1.41. The number of nitrogens with zero attached hydrogens (tertiary/aromatic N) is 3. The molecule has 2 aromatic heterocycles. The molecule has 0 amide bonds. The van der Waals surface area contributed by atoms with Gasteiger partial charge in [0.15, 0.2) is 0 Å². The lowest BCUT2D eigenvalue weighted by molar-refractivity contribution is 0.999. The van der Waals surface area contributed by atoms with E-state index >= 15 is 0 Å². The van der Waals surface area contributed by atoms with Crippen LogP contribution in [0.25, 0.3) is 93.4 Å². The van der Waals surface area contributed by atoms with Crippen molar-refractivity contribution in [3.63, 3.8) is 0 Å². The average Bonchev–Trinajstić information content (AvgIpc) is 3.50. The first-order valence-corrected chi connectivity index (χ1v) is 16.0. The van der Waals surface area contributed by atoms with Crippen molar-refractivity contribution < 1.29 is 0 Å². The van der Waals surface area contributed by atoms with Crippen LogP contribution in [-0.4, -0.2) is 14.5 Å². The highest BCUT2D eigenvalue weighted by Crippen LogP contribution is 2.44. The Morgan fingerprint density at radius 1 is 0.383 bits per heavy atom. The zero-order chi connectivity index (χ0) is 30.9. The molecule has 0 spiro atoms. The lowest BCUT2D eigenvalue weighted by atomic mass is 9.93. The molecule has 2 heterocycles. The monoisotopic (exact) mass is 597 g/mol. The van der Waals surface area contributed by atoms with Crippen molar-refractivity contribution in [2.24, 2.45) is 0 Å². The van der Waals surface area contributed by atoms with Crippen LogP contribution in [0.1, 0.15) is 0 Å². The molecule has 10 aromatic rings. The number of benzene rings is 8.